The van der Waals surface area contributed by atoms with Crippen LogP contribution < -0.4 is 10.1 Å². The van der Waals surface area contributed by atoms with Gasteiger partial charge in [-0.1, -0.05) is 32.9 Å². The molecule has 0 aliphatic rings. The lowest BCUT2D eigenvalue weighted by molar-refractivity contribution is 0.203. The molecule has 20 heavy (non-hydrogen) atoms. The molecule has 2 N–H and O–H groups in total. The van der Waals surface area contributed by atoms with E-state index in [4.69, 9.17) is 9.84 Å². The first-order valence-corrected chi connectivity index (χ1v) is 7.55. The van der Waals surface area contributed by atoms with Crippen LogP contribution >= 0.6 is 0 Å². The summed E-state index contributed by atoms with van der Waals surface area (Å²) in [7, 11) is 0. The molecule has 3 heteroatoms. The minimum atomic E-state index is 0.118. The summed E-state index contributed by atoms with van der Waals surface area (Å²) in [6.45, 7) is 10.5. The molecule has 0 aliphatic heterocycles. The Balaban J connectivity index is 2.49. The largest absolute Gasteiger partial charge is 0.494 e. The molecule has 1 aromatic rings. The summed E-state index contributed by atoms with van der Waals surface area (Å²) in [5.41, 5.74) is 1.38. The van der Waals surface area contributed by atoms with E-state index in [1.807, 2.05) is 12.1 Å². The van der Waals surface area contributed by atoms with Gasteiger partial charge in [-0.05, 0) is 42.9 Å². The minimum Gasteiger partial charge on any atom is -0.494 e. The van der Waals surface area contributed by atoms with Gasteiger partial charge in [0.1, 0.15) is 5.75 Å². The Morgan fingerprint density at radius 3 is 2.45 bits per heavy atom. The highest BCUT2D eigenvalue weighted by atomic mass is 16.5. The zero-order valence-corrected chi connectivity index (χ0v) is 13.3. The van der Waals surface area contributed by atoms with Gasteiger partial charge in [0.25, 0.3) is 0 Å². The van der Waals surface area contributed by atoms with Crippen molar-refractivity contribution >= 4 is 0 Å². The summed E-state index contributed by atoms with van der Waals surface area (Å²) in [6.07, 6.45) is 1.84. The normalized spacial score (nSPS) is 13.2. The molecule has 0 saturated carbocycles. The molecule has 1 aromatic carbocycles. The van der Waals surface area contributed by atoms with Crippen LogP contribution in [0.2, 0.25) is 0 Å². The summed E-state index contributed by atoms with van der Waals surface area (Å²) in [5, 5.41) is 12.6. The van der Waals surface area contributed by atoms with Crippen LogP contribution in [0.4, 0.5) is 0 Å². The third-order valence-corrected chi connectivity index (χ3v) is 3.53. The Morgan fingerprint density at radius 1 is 1.25 bits per heavy atom. The van der Waals surface area contributed by atoms with Gasteiger partial charge in [0, 0.05) is 19.2 Å². The molecule has 1 rings (SSSR count). The highest BCUT2D eigenvalue weighted by molar-refractivity contribution is 5.28. The van der Waals surface area contributed by atoms with Gasteiger partial charge in [-0.3, -0.25) is 0 Å². The van der Waals surface area contributed by atoms with Crippen molar-refractivity contribution in [3.63, 3.8) is 0 Å². The first-order chi connectivity index (χ1) is 9.48. The zero-order valence-electron chi connectivity index (χ0n) is 13.3. The van der Waals surface area contributed by atoms with E-state index in [1.165, 1.54) is 5.56 Å². The van der Waals surface area contributed by atoms with Gasteiger partial charge >= 0.3 is 0 Å². The van der Waals surface area contributed by atoms with E-state index >= 15 is 0 Å². The van der Waals surface area contributed by atoms with Crippen molar-refractivity contribution < 1.29 is 9.84 Å². The van der Waals surface area contributed by atoms with Crippen LogP contribution in [-0.2, 0) is 0 Å². The molecule has 0 heterocycles. The summed E-state index contributed by atoms with van der Waals surface area (Å²) in [4.78, 5) is 0. The molecule has 0 amide bonds. The number of nitrogens with one attached hydrogen (secondary N) is 1. The van der Waals surface area contributed by atoms with Crippen LogP contribution in [0.5, 0.6) is 5.75 Å². The summed E-state index contributed by atoms with van der Waals surface area (Å²) in [5.74, 6) is 0.934. The summed E-state index contributed by atoms with van der Waals surface area (Å²) in [6, 6.07) is 8.58. The number of ether oxygens (including phenoxy) is 1. The molecular formula is C17H29NO2. The first-order valence-electron chi connectivity index (χ1n) is 7.55. The van der Waals surface area contributed by atoms with E-state index in [-0.39, 0.29) is 12.0 Å². The Bertz CT molecular complexity index is 373. The van der Waals surface area contributed by atoms with E-state index in [0.29, 0.717) is 6.04 Å². The molecule has 1 atom stereocenters. The van der Waals surface area contributed by atoms with Crippen molar-refractivity contribution in [2.75, 3.05) is 19.8 Å². The van der Waals surface area contributed by atoms with E-state index in [1.54, 1.807) is 0 Å². The number of benzene rings is 1. The Hall–Kier alpha value is -1.06. The van der Waals surface area contributed by atoms with Gasteiger partial charge in [-0.15, -0.1) is 0 Å². The van der Waals surface area contributed by atoms with Gasteiger partial charge in [0.2, 0.25) is 0 Å². The maximum Gasteiger partial charge on any atom is 0.119 e. The molecule has 0 saturated heterocycles. The van der Waals surface area contributed by atoms with Crippen LogP contribution in [0, 0.1) is 5.41 Å². The fourth-order valence-corrected chi connectivity index (χ4v) is 2.01. The Morgan fingerprint density at radius 2 is 1.90 bits per heavy atom. The second-order valence-electron chi connectivity index (χ2n) is 6.16. The SMILES string of the molecule is CCCOc1ccc(C(C)NCC(C)(C)CCO)cc1. The van der Waals surface area contributed by atoms with E-state index in [0.717, 1.165) is 31.7 Å². The van der Waals surface area contributed by atoms with Crippen molar-refractivity contribution in [1.82, 2.24) is 5.32 Å². The average molecular weight is 279 g/mol. The Labute approximate surface area is 123 Å². The van der Waals surface area contributed by atoms with Gasteiger partial charge in [-0.2, -0.15) is 0 Å². The van der Waals surface area contributed by atoms with Crippen LogP contribution in [-0.4, -0.2) is 24.9 Å². The number of aliphatic hydroxyl groups excluding tert-OH is 1. The number of hydrogen-bond acceptors (Lipinski definition) is 3. The van der Waals surface area contributed by atoms with E-state index < -0.39 is 0 Å². The summed E-state index contributed by atoms with van der Waals surface area (Å²) < 4.78 is 5.59. The van der Waals surface area contributed by atoms with Crippen LogP contribution in [0.3, 0.4) is 0 Å². The van der Waals surface area contributed by atoms with Crippen LogP contribution in [0.25, 0.3) is 0 Å². The molecule has 0 aromatic heterocycles. The second kappa shape index (κ2) is 8.28. The zero-order chi connectivity index (χ0) is 15.0. The predicted molar refractivity (Wildman–Crippen MR) is 84.1 cm³/mol. The maximum absolute atomic E-state index is 9.04. The molecule has 0 radical (unpaired) electrons. The number of aliphatic hydroxyl groups is 1. The average Bonchev–Trinajstić information content (AvgIpc) is 2.43. The van der Waals surface area contributed by atoms with Gasteiger partial charge < -0.3 is 15.2 Å². The summed E-state index contributed by atoms with van der Waals surface area (Å²) >= 11 is 0. The quantitative estimate of drug-likeness (QED) is 0.726. The maximum atomic E-state index is 9.04. The van der Waals surface area contributed by atoms with Crippen LogP contribution in [0.1, 0.15) is 52.1 Å². The van der Waals surface area contributed by atoms with Crippen LogP contribution in [0.15, 0.2) is 24.3 Å². The smallest absolute Gasteiger partial charge is 0.119 e. The number of hydrogen-bond donors (Lipinski definition) is 2. The van der Waals surface area contributed by atoms with Gasteiger partial charge in [0.15, 0.2) is 0 Å². The molecule has 1 unspecified atom stereocenters. The molecule has 3 nitrogen and oxygen atoms in total. The van der Waals surface area contributed by atoms with Crippen molar-refractivity contribution in [3.8, 4) is 5.75 Å². The lowest BCUT2D eigenvalue weighted by Gasteiger charge is -2.26. The number of rotatable bonds is 9. The van der Waals surface area contributed by atoms with Gasteiger partial charge in [0.05, 0.1) is 6.61 Å². The monoisotopic (exact) mass is 279 g/mol. The van der Waals surface area contributed by atoms with Crippen molar-refractivity contribution in [2.45, 2.75) is 46.6 Å². The predicted octanol–water partition coefficient (Wildman–Crippen LogP) is 3.53. The highest BCUT2D eigenvalue weighted by Crippen LogP contribution is 2.22. The lowest BCUT2D eigenvalue weighted by Crippen LogP contribution is -2.32. The molecular weight excluding hydrogens is 250 g/mol. The topological polar surface area (TPSA) is 41.5 Å². The fourth-order valence-electron chi connectivity index (χ4n) is 2.01. The highest BCUT2D eigenvalue weighted by Gasteiger charge is 2.18. The lowest BCUT2D eigenvalue weighted by atomic mass is 9.89. The van der Waals surface area contributed by atoms with Crippen molar-refractivity contribution in [2.24, 2.45) is 5.41 Å². The Kier molecular flexibility index (Phi) is 7.03. The van der Waals surface area contributed by atoms with E-state index in [2.05, 4.69) is 45.1 Å². The third kappa shape index (κ3) is 5.93. The first kappa shape index (κ1) is 17.0. The minimum absolute atomic E-state index is 0.118. The molecule has 0 fully saturated rings. The van der Waals surface area contributed by atoms with Gasteiger partial charge in [-0.25, -0.2) is 0 Å². The molecule has 0 bridgehead atoms. The third-order valence-electron chi connectivity index (χ3n) is 3.53. The second-order valence-corrected chi connectivity index (χ2v) is 6.16. The fraction of sp³-hybridized carbons (Fsp3) is 0.647. The molecule has 0 spiro atoms. The van der Waals surface area contributed by atoms with Crippen molar-refractivity contribution in [1.29, 1.82) is 0 Å². The van der Waals surface area contributed by atoms with E-state index in [9.17, 15) is 0 Å². The van der Waals surface area contributed by atoms with Crippen molar-refractivity contribution in [3.05, 3.63) is 29.8 Å². The standard InChI is InChI=1S/C17H29NO2/c1-5-12-20-16-8-6-15(7-9-16)14(2)18-13-17(3,4)10-11-19/h6-9,14,18-19H,5,10-13H2,1-4H3. The molecule has 114 valence electrons. The molecule has 0 aliphatic carbocycles.